The average molecular weight is 474 g/mol. The van der Waals surface area contributed by atoms with Gasteiger partial charge in [0.15, 0.2) is 0 Å². The molecule has 4 rings (SSSR count). The Labute approximate surface area is 191 Å². The second kappa shape index (κ2) is 8.63. The third-order valence-electron chi connectivity index (χ3n) is 4.51. The van der Waals surface area contributed by atoms with Gasteiger partial charge in [0.25, 0.3) is 11.1 Å². The number of nitrogens with zero attached hydrogens (tertiary/aromatic N) is 1. The van der Waals surface area contributed by atoms with Gasteiger partial charge in [-0.25, -0.2) is 4.79 Å². The van der Waals surface area contributed by atoms with Crippen molar-refractivity contribution in [1.82, 2.24) is 4.90 Å². The summed E-state index contributed by atoms with van der Waals surface area (Å²) < 4.78 is 5.75. The monoisotopic (exact) mass is 473 g/mol. The highest BCUT2D eigenvalue weighted by molar-refractivity contribution is 8.18. The summed E-state index contributed by atoms with van der Waals surface area (Å²) in [6, 6.07) is 14.5. The number of rotatable bonds is 5. The van der Waals surface area contributed by atoms with E-state index in [4.69, 9.17) is 32.7 Å². The molecule has 1 fully saturated rings. The SMILES string of the molecule is O=C(O)c1ccc(-c2ccc(/C=C3\SC(=O)N(Cc4ccc(Cl)c(Cl)c4)C3=O)o2)cc1. The smallest absolute Gasteiger partial charge is 0.335 e. The van der Waals surface area contributed by atoms with Gasteiger partial charge in [-0.3, -0.25) is 14.5 Å². The van der Waals surface area contributed by atoms with E-state index in [1.165, 1.54) is 18.2 Å². The fraction of sp³-hybridized carbons (Fsp3) is 0.0455. The zero-order chi connectivity index (χ0) is 22.1. The second-order valence-electron chi connectivity index (χ2n) is 6.60. The van der Waals surface area contributed by atoms with E-state index in [9.17, 15) is 14.4 Å². The first-order valence-corrected chi connectivity index (χ1v) is 10.5. The van der Waals surface area contributed by atoms with Gasteiger partial charge in [0, 0.05) is 11.6 Å². The van der Waals surface area contributed by atoms with E-state index < -0.39 is 17.1 Å². The highest BCUT2D eigenvalue weighted by atomic mass is 35.5. The van der Waals surface area contributed by atoms with Crippen LogP contribution in [0.15, 0.2) is 63.9 Å². The van der Waals surface area contributed by atoms with Gasteiger partial charge in [0.1, 0.15) is 11.5 Å². The van der Waals surface area contributed by atoms with Crippen molar-refractivity contribution in [3.63, 3.8) is 0 Å². The van der Waals surface area contributed by atoms with Crippen LogP contribution in [0.5, 0.6) is 0 Å². The van der Waals surface area contributed by atoms with E-state index in [0.29, 0.717) is 32.7 Å². The molecule has 2 aromatic carbocycles. The summed E-state index contributed by atoms with van der Waals surface area (Å²) >= 11 is 12.7. The fourth-order valence-corrected chi connectivity index (χ4v) is 4.09. The van der Waals surface area contributed by atoms with Crippen molar-refractivity contribution >= 4 is 58.2 Å². The molecule has 1 N–H and O–H groups in total. The standard InChI is InChI=1S/C22H13Cl2NO5S/c23-16-7-1-12(9-17(16)24)11-25-20(26)19(31-22(25)29)10-15-6-8-18(30-15)13-2-4-14(5-3-13)21(27)28/h1-10H,11H2,(H,27,28)/b19-10-. The number of carbonyl (C=O) groups is 3. The third kappa shape index (κ3) is 4.54. The summed E-state index contributed by atoms with van der Waals surface area (Å²) in [5, 5.41) is 9.34. The minimum atomic E-state index is -1.01. The molecule has 6 nitrogen and oxygen atoms in total. The summed E-state index contributed by atoms with van der Waals surface area (Å²) in [5.74, 6) is -0.524. The molecule has 0 unspecified atom stereocenters. The number of halogens is 2. The van der Waals surface area contributed by atoms with Crippen LogP contribution in [0.25, 0.3) is 17.4 Å². The maximum Gasteiger partial charge on any atom is 0.335 e. The largest absolute Gasteiger partial charge is 0.478 e. The van der Waals surface area contributed by atoms with Crippen molar-refractivity contribution in [1.29, 1.82) is 0 Å². The first kappa shape index (κ1) is 21.2. The van der Waals surface area contributed by atoms with Crippen LogP contribution in [0.3, 0.4) is 0 Å². The first-order chi connectivity index (χ1) is 14.8. The third-order valence-corrected chi connectivity index (χ3v) is 6.16. The molecule has 31 heavy (non-hydrogen) atoms. The topological polar surface area (TPSA) is 87.8 Å². The second-order valence-corrected chi connectivity index (χ2v) is 8.41. The molecule has 1 aliphatic rings. The van der Waals surface area contributed by atoms with Gasteiger partial charge in [-0.1, -0.05) is 41.4 Å². The number of aromatic carboxylic acids is 1. The first-order valence-electron chi connectivity index (χ1n) is 8.94. The zero-order valence-electron chi connectivity index (χ0n) is 15.7. The van der Waals surface area contributed by atoms with E-state index in [-0.39, 0.29) is 17.0 Å². The van der Waals surface area contributed by atoms with Crippen molar-refractivity contribution in [2.75, 3.05) is 0 Å². The van der Waals surface area contributed by atoms with Crippen LogP contribution >= 0.6 is 35.0 Å². The lowest BCUT2D eigenvalue weighted by molar-refractivity contribution is -0.123. The van der Waals surface area contributed by atoms with Crippen molar-refractivity contribution in [2.45, 2.75) is 6.54 Å². The molecule has 0 atom stereocenters. The Balaban J connectivity index is 1.51. The molecule has 0 radical (unpaired) electrons. The highest BCUT2D eigenvalue weighted by Gasteiger charge is 2.35. The zero-order valence-corrected chi connectivity index (χ0v) is 18.0. The van der Waals surface area contributed by atoms with E-state index in [0.717, 1.165) is 16.7 Å². The van der Waals surface area contributed by atoms with Crippen molar-refractivity contribution in [2.24, 2.45) is 0 Å². The minimum Gasteiger partial charge on any atom is -0.478 e. The Hall–Kier alpha value is -3.00. The number of carboxylic acid groups (broad SMARTS) is 1. The van der Waals surface area contributed by atoms with E-state index in [1.807, 2.05) is 0 Å². The maximum absolute atomic E-state index is 12.7. The molecular weight excluding hydrogens is 461 g/mol. The van der Waals surface area contributed by atoms with Gasteiger partial charge in [-0.2, -0.15) is 0 Å². The summed E-state index contributed by atoms with van der Waals surface area (Å²) in [6.45, 7) is 0.0816. The normalized spacial score (nSPS) is 15.2. The Bertz CT molecular complexity index is 1230. The summed E-state index contributed by atoms with van der Waals surface area (Å²) in [6.07, 6.45) is 1.51. The number of carboxylic acids is 1. The molecule has 2 heterocycles. The highest BCUT2D eigenvalue weighted by Crippen LogP contribution is 2.35. The lowest BCUT2D eigenvalue weighted by Crippen LogP contribution is -2.27. The fourth-order valence-electron chi connectivity index (χ4n) is 2.95. The average Bonchev–Trinajstić information content (AvgIpc) is 3.31. The number of furan rings is 1. The van der Waals surface area contributed by atoms with Gasteiger partial charge in [-0.05, 0) is 53.7 Å². The number of hydrogen-bond donors (Lipinski definition) is 1. The molecule has 0 spiro atoms. The van der Waals surface area contributed by atoms with Crippen LogP contribution in [0, 0.1) is 0 Å². The van der Waals surface area contributed by atoms with Crippen LogP contribution in [-0.4, -0.2) is 27.1 Å². The van der Waals surface area contributed by atoms with E-state index in [2.05, 4.69) is 0 Å². The Morgan fingerprint density at radius 1 is 1.03 bits per heavy atom. The van der Waals surface area contributed by atoms with Crippen molar-refractivity contribution in [3.8, 4) is 11.3 Å². The Morgan fingerprint density at radius 3 is 2.45 bits per heavy atom. The molecular formula is C22H13Cl2NO5S. The molecule has 9 heteroatoms. The predicted molar refractivity (Wildman–Crippen MR) is 119 cm³/mol. The predicted octanol–water partition coefficient (Wildman–Crippen LogP) is 6.19. The summed E-state index contributed by atoms with van der Waals surface area (Å²) in [5.41, 5.74) is 1.55. The van der Waals surface area contributed by atoms with Gasteiger partial charge in [-0.15, -0.1) is 0 Å². The van der Waals surface area contributed by atoms with Crippen molar-refractivity contribution < 1.29 is 23.9 Å². The van der Waals surface area contributed by atoms with Crippen LogP contribution in [0.4, 0.5) is 4.79 Å². The van der Waals surface area contributed by atoms with Crippen LogP contribution in [0.1, 0.15) is 21.7 Å². The molecule has 1 aromatic heterocycles. The summed E-state index contributed by atoms with van der Waals surface area (Å²) in [4.78, 5) is 37.4. The van der Waals surface area contributed by atoms with E-state index >= 15 is 0 Å². The number of imide groups is 1. The molecule has 0 bridgehead atoms. The minimum absolute atomic E-state index is 0.0816. The molecule has 3 aromatic rings. The number of amides is 2. The Kier molecular flexibility index (Phi) is 5.91. The Morgan fingerprint density at radius 2 is 1.77 bits per heavy atom. The molecule has 2 amide bonds. The number of benzene rings is 2. The van der Waals surface area contributed by atoms with Gasteiger partial charge >= 0.3 is 5.97 Å². The molecule has 0 saturated carbocycles. The van der Waals surface area contributed by atoms with E-state index in [1.54, 1.807) is 42.5 Å². The van der Waals surface area contributed by atoms with Crippen LogP contribution in [0.2, 0.25) is 10.0 Å². The number of thioether (sulfide) groups is 1. The maximum atomic E-state index is 12.7. The lowest BCUT2D eigenvalue weighted by atomic mass is 10.1. The molecule has 1 saturated heterocycles. The number of hydrogen-bond acceptors (Lipinski definition) is 5. The van der Waals surface area contributed by atoms with Crippen LogP contribution < -0.4 is 0 Å². The summed E-state index contributed by atoms with van der Waals surface area (Å²) in [7, 11) is 0. The lowest BCUT2D eigenvalue weighted by Gasteiger charge is -2.12. The quantitative estimate of drug-likeness (QED) is 0.444. The van der Waals surface area contributed by atoms with Gasteiger partial charge in [0.2, 0.25) is 0 Å². The van der Waals surface area contributed by atoms with Gasteiger partial charge in [0.05, 0.1) is 27.1 Å². The van der Waals surface area contributed by atoms with Crippen molar-refractivity contribution in [3.05, 3.63) is 86.4 Å². The van der Waals surface area contributed by atoms with Gasteiger partial charge < -0.3 is 9.52 Å². The molecule has 156 valence electrons. The van der Waals surface area contributed by atoms with Crippen LogP contribution in [-0.2, 0) is 11.3 Å². The molecule has 0 aliphatic carbocycles. The number of carbonyl (C=O) groups excluding carboxylic acids is 2. The molecule has 1 aliphatic heterocycles.